The summed E-state index contributed by atoms with van der Waals surface area (Å²) in [4.78, 5) is 24.0. The highest BCUT2D eigenvalue weighted by Crippen LogP contribution is 2.22. The number of nitrogens with zero attached hydrogens (tertiary/aromatic N) is 3. The summed E-state index contributed by atoms with van der Waals surface area (Å²) in [5, 5.41) is 19.8. The first-order chi connectivity index (χ1) is 11.3. The quantitative estimate of drug-likeness (QED) is 0.896. The maximum Gasteiger partial charge on any atom is 0.269 e. The van der Waals surface area contributed by atoms with E-state index in [0.717, 1.165) is 23.6 Å². The highest BCUT2D eigenvalue weighted by atomic mass is 35.5. The van der Waals surface area contributed by atoms with Crippen LogP contribution in [0.1, 0.15) is 20.1 Å². The van der Waals surface area contributed by atoms with Gasteiger partial charge in [-0.05, 0) is 12.1 Å². The van der Waals surface area contributed by atoms with Crippen molar-refractivity contribution in [3.63, 3.8) is 0 Å². The van der Waals surface area contributed by atoms with Gasteiger partial charge < -0.3 is 9.88 Å². The normalized spacial score (nSPS) is 10.2. The Kier molecular flexibility index (Phi) is 5.29. The zero-order chi connectivity index (χ0) is 17.9. The van der Waals surface area contributed by atoms with Crippen molar-refractivity contribution in [1.82, 2.24) is 4.57 Å². The fourth-order valence-corrected chi connectivity index (χ4v) is 2.84. The lowest BCUT2D eigenvalue weighted by atomic mass is 10.2. The van der Waals surface area contributed by atoms with Crippen LogP contribution in [-0.2, 0) is 6.54 Å². The molecule has 2 rings (SSSR count). The fourth-order valence-electron chi connectivity index (χ4n) is 1.81. The smallest absolute Gasteiger partial charge is 0.269 e. The molecule has 1 amide bonds. The Morgan fingerprint density at radius 3 is 2.62 bits per heavy atom. The van der Waals surface area contributed by atoms with Crippen LogP contribution < -0.4 is 10.9 Å². The summed E-state index contributed by atoms with van der Waals surface area (Å²) >= 11 is 6.51. The van der Waals surface area contributed by atoms with Crippen LogP contribution in [0.25, 0.3) is 0 Å². The molecule has 10 heteroatoms. The van der Waals surface area contributed by atoms with Crippen molar-refractivity contribution in [2.24, 2.45) is 0 Å². The van der Waals surface area contributed by atoms with E-state index in [4.69, 9.17) is 22.1 Å². The summed E-state index contributed by atoms with van der Waals surface area (Å²) in [6.45, 7) is -0.863. The van der Waals surface area contributed by atoms with Crippen molar-refractivity contribution in [3.8, 4) is 12.1 Å². The molecule has 0 aliphatic heterocycles. The van der Waals surface area contributed by atoms with Crippen LogP contribution in [-0.4, -0.2) is 16.9 Å². The van der Waals surface area contributed by atoms with E-state index in [-0.39, 0.29) is 26.0 Å². The van der Waals surface area contributed by atoms with Crippen LogP contribution in [0.3, 0.4) is 0 Å². The molecule has 122 valence electrons. The second kappa shape index (κ2) is 7.21. The molecule has 1 N–H and O–H groups in total. The third kappa shape index (κ3) is 3.77. The lowest BCUT2D eigenvalue weighted by Gasteiger charge is -2.09. The van der Waals surface area contributed by atoms with Crippen LogP contribution in [0.5, 0.6) is 0 Å². The number of aromatic nitrogens is 1. The van der Waals surface area contributed by atoms with E-state index in [1.807, 2.05) is 0 Å². The Bertz CT molecular complexity index is 908. The van der Waals surface area contributed by atoms with Crippen molar-refractivity contribution in [1.29, 1.82) is 10.5 Å². The Hall–Kier alpha value is -2.75. The number of rotatable bonds is 4. The highest BCUT2D eigenvalue weighted by molar-refractivity contribution is 7.14. The standard InChI is InChI=1S/C14H7ClF2N4O2S/c15-9-2-8(5-21(14(9)23)6-12(16)17)20-13(22)10-1-7(3-18)11(4-19)24-10/h1-2,5,12H,6H2,(H,20,22). The summed E-state index contributed by atoms with van der Waals surface area (Å²) in [5.74, 6) is -0.656. The van der Waals surface area contributed by atoms with Gasteiger partial charge in [0.1, 0.15) is 22.0 Å². The number of amides is 1. The molecule has 2 aromatic rings. The molecule has 0 bridgehead atoms. The summed E-state index contributed by atoms with van der Waals surface area (Å²) in [6, 6.07) is 5.97. The monoisotopic (exact) mass is 368 g/mol. The lowest BCUT2D eigenvalue weighted by molar-refractivity contribution is 0.103. The van der Waals surface area contributed by atoms with E-state index in [1.54, 1.807) is 12.1 Å². The van der Waals surface area contributed by atoms with Gasteiger partial charge in [0.25, 0.3) is 17.9 Å². The molecule has 0 saturated carbocycles. The summed E-state index contributed by atoms with van der Waals surface area (Å²) in [7, 11) is 0. The molecule has 0 aliphatic carbocycles. The third-order valence-corrected chi connectivity index (χ3v) is 4.12. The molecule has 0 spiro atoms. The molecular formula is C14H7ClF2N4O2S. The summed E-state index contributed by atoms with van der Waals surface area (Å²) < 4.78 is 25.6. The van der Waals surface area contributed by atoms with Gasteiger partial charge in [0.15, 0.2) is 0 Å². The molecule has 2 heterocycles. The minimum Gasteiger partial charge on any atom is -0.320 e. The van der Waals surface area contributed by atoms with Gasteiger partial charge in [0, 0.05) is 6.20 Å². The maximum atomic E-state index is 12.5. The van der Waals surface area contributed by atoms with E-state index in [2.05, 4.69) is 5.32 Å². The molecule has 24 heavy (non-hydrogen) atoms. The first kappa shape index (κ1) is 17.6. The zero-order valence-electron chi connectivity index (χ0n) is 11.7. The third-order valence-electron chi connectivity index (χ3n) is 2.81. The van der Waals surface area contributed by atoms with Crippen LogP contribution in [0.2, 0.25) is 5.02 Å². The lowest BCUT2D eigenvalue weighted by Crippen LogP contribution is -2.24. The van der Waals surface area contributed by atoms with Gasteiger partial charge in [-0.2, -0.15) is 10.5 Å². The Labute approximate surface area is 143 Å². The first-order valence-corrected chi connectivity index (χ1v) is 7.48. The van der Waals surface area contributed by atoms with Crippen molar-refractivity contribution < 1.29 is 13.6 Å². The largest absolute Gasteiger partial charge is 0.320 e. The van der Waals surface area contributed by atoms with Crippen molar-refractivity contribution in [2.45, 2.75) is 13.0 Å². The first-order valence-electron chi connectivity index (χ1n) is 6.29. The second-order valence-corrected chi connectivity index (χ2v) is 5.92. The number of anilines is 1. The Balaban J connectivity index is 2.31. The number of pyridine rings is 1. The van der Waals surface area contributed by atoms with E-state index in [9.17, 15) is 18.4 Å². The number of hydrogen-bond acceptors (Lipinski definition) is 5. The predicted octanol–water partition coefficient (Wildman–Crippen LogP) is 2.82. The number of alkyl halides is 2. The molecule has 2 aromatic heterocycles. The van der Waals surface area contributed by atoms with Gasteiger partial charge in [-0.25, -0.2) is 8.78 Å². The van der Waals surface area contributed by atoms with Crippen molar-refractivity contribution in [3.05, 3.63) is 49.0 Å². The number of carbonyl (C=O) groups excluding carboxylic acids is 1. The Morgan fingerprint density at radius 1 is 1.38 bits per heavy atom. The molecule has 0 saturated heterocycles. The Morgan fingerprint density at radius 2 is 2.08 bits per heavy atom. The summed E-state index contributed by atoms with van der Waals surface area (Å²) in [6.07, 6.45) is -1.72. The van der Waals surface area contributed by atoms with Gasteiger partial charge in [0.05, 0.1) is 22.7 Å². The molecule has 0 aliphatic rings. The number of carbonyl (C=O) groups is 1. The van der Waals surface area contributed by atoms with Crippen molar-refractivity contribution >= 4 is 34.5 Å². The SMILES string of the molecule is N#Cc1cc(C(=O)Nc2cc(Cl)c(=O)n(CC(F)F)c2)sc1C#N. The van der Waals surface area contributed by atoms with Crippen LogP contribution >= 0.6 is 22.9 Å². The number of halogens is 3. The number of hydrogen-bond donors (Lipinski definition) is 1. The van der Waals surface area contributed by atoms with Gasteiger partial charge >= 0.3 is 0 Å². The molecule has 0 radical (unpaired) electrons. The number of nitrogens with one attached hydrogen (secondary N) is 1. The molecule has 0 unspecified atom stereocenters. The van der Waals surface area contributed by atoms with Crippen LogP contribution in [0, 0.1) is 22.7 Å². The molecule has 0 aromatic carbocycles. The summed E-state index contributed by atoms with van der Waals surface area (Å²) in [5.41, 5.74) is -0.700. The van der Waals surface area contributed by atoms with Crippen LogP contribution in [0.4, 0.5) is 14.5 Å². The molecule has 0 atom stereocenters. The van der Waals surface area contributed by atoms with Gasteiger partial charge in [-0.15, -0.1) is 11.3 Å². The van der Waals surface area contributed by atoms with E-state index in [0.29, 0.717) is 4.57 Å². The van der Waals surface area contributed by atoms with E-state index < -0.39 is 24.4 Å². The molecular weight excluding hydrogens is 362 g/mol. The predicted molar refractivity (Wildman–Crippen MR) is 83.4 cm³/mol. The van der Waals surface area contributed by atoms with Crippen molar-refractivity contribution in [2.75, 3.05) is 5.32 Å². The number of thiophene rings is 1. The van der Waals surface area contributed by atoms with Gasteiger partial charge in [-0.3, -0.25) is 9.59 Å². The van der Waals surface area contributed by atoms with E-state index >= 15 is 0 Å². The molecule has 0 fully saturated rings. The zero-order valence-corrected chi connectivity index (χ0v) is 13.3. The van der Waals surface area contributed by atoms with E-state index in [1.165, 1.54) is 6.07 Å². The second-order valence-electron chi connectivity index (χ2n) is 4.46. The molecule has 6 nitrogen and oxygen atoms in total. The average molecular weight is 369 g/mol. The average Bonchev–Trinajstić information content (AvgIpc) is 2.95. The van der Waals surface area contributed by atoms with Gasteiger partial charge in [0.2, 0.25) is 0 Å². The minimum atomic E-state index is -2.77. The maximum absolute atomic E-state index is 12.5. The highest BCUT2D eigenvalue weighted by Gasteiger charge is 2.16. The number of nitriles is 2. The van der Waals surface area contributed by atoms with Crippen LogP contribution in [0.15, 0.2) is 23.1 Å². The fraction of sp³-hybridized carbons (Fsp3) is 0.143. The minimum absolute atomic E-state index is 0.0377. The topological polar surface area (TPSA) is 98.7 Å². The van der Waals surface area contributed by atoms with Gasteiger partial charge in [-0.1, -0.05) is 11.6 Å².